The zero-order chi connectivity index (χ0) is 17.4. The molecule has 2 aliphatic rings. The van der Waals surface area contributed by atoms with Gasteiger partial charge in [-0.2, -0.15) is 18.3 Å². The topological polar surface area (TPSA) is 67.2 Å². The van der Waals surface area contributed by atoms with Crippen LogP contribution in [0.2, 0.25) is 0 Å². The molecule has 3 rings (SSSR count). The van der Waals surface area contributed by atoms with Crippen LogP contribution in [0.3, 0.4) is 0 Å². The van der Waals surface area contributed by atoms with Crippen LogP contribution in [-0.2, 0) is 15.1 Å². The van der Waals surface area contributed by atoms with Crippen LogP contribution in [0.1, 0.15) is 25.7 Å². The Labute approximate surface area is 137 Å². The van der Waals surface area contributed by atoms with E-state index in [1.807, 2.05) is 5.32 Å². The molecule has 1 aromatic rings. The maximum Gasteiger partial charge on any atom is 0.405 e. The normalized spacial score (nSPS) is 20.7. The summed E-state index contributed by atoms with van der Waals surface area (Å²) < 4.78 is 38.7. The minimum atomic E-state index is -4.47. The number of nitrogens with zero attached hydrogens (tertiary/aromatic N) is 3. The number of hydrogen-bond acceptors (Lipinski definition) is 3. The number of carbonyl (C=O) groups excluding carboxylic acids is 2. The lowest BCUT2D eigenvalue weighted by molar-refractivity contribution is -0.148. The molecule has 6 nitrogen and oxygen atoms in total. The first-order valence-electron chi connectivity index (χ1n) is 7.96. The van der Waals surface area contributed by atoms with Gasteiger partial charge in [0.15, 0.2) is 0 Å². The molecule has 132 valence electrons. The van der Waals surface area contributed by atoms with Gasteiger partial charge in [-0.1, -0.05) is 0 Å². The molecule has 1 saturated carbocycles. The van der Waals surface area contributed by atoms with Crippen LogP contribution in [0.5, 0.6) is 0 Å². The summed E-state index contributed by atoms with van der Waals surface area (Å²) in [6, 6.07) is 1.63. The summed E-state index contributed by atoms with van der Waals surface area (Å²) in [4.78, 5) is 26.4. The van der Waals surface area contributed by atoms with E-state index in [4.69, 9.17) is 0 Å². The minimum Gasteiger partial charge on any atom is -0.345 e. The van der Waals surface area contributed by atoms with Gasteiger partial charge < -0.3 is 10.2 Å². The van der Waals surface area contributed by atoms with E-state index in [9.17, 15) is 22.8 Å². The molecule has 1 aliphatic heterocycles. The van der Waals surface area contributed by atoms with Crippen LogP contribution >= 0.6 is 0 Å². The van der Waals surface area contributed by atoms with Crippen molar-refractivity contribution in [2.24, 2.45) is 5.92 Å². The van der Waals surface area contributed by atoms with Crippen molar-refractivity contribution in [1.82, 2.24) is 20.0 Å². The first-order valence-corrected chi connectivity index (χ1v) is 7.96. The third-order valence-corrected chi connectivity index (χ3v) is 4.64. The van der Waals surface area contributed by atoms with E-state index in [0.29, 0.717) is 13.1 Å². The van der Waals surface area contributed by atoms with Gasteiger partial charge in [-0.05, 0) is 31.7 Å². The Balaban J connectivity index is 1.73. The summed E-state index contributed by atoms with van der Waals surface area (Å²) in [5.41, 5.74) is -1.19. The maximum absolute atomic E-state index is 12.5. The highest BCUT2D eigenvalue weighted by Gasteiger charge is 2.46. The van der Waals surface area contributed by atoms with Gasteiger partial charge >= 0.3 is 6.18 Å². The Morgan fingerprint density at radius 2 is 1.92 bits per heavy atom. The van der Waals surface area contributed by atoms with Crippen molar-refractivity contribution in [1.29, 1.82) is 0 Å². The third kappa shape index (κ3) is 3.39. The molecule has 2 amide bonds. The number of hydrogen-bond donors (Lipinski definition) is 1. The van der Waals surface area contributed by atoms with Crippen molar-refractivity contribution >= 4 is 11.8 Å². The van der Waals surface area contributed by atoms with Crippen LogP contribution in [0.15, 0.2) is 18.5 Å². The third-order valence-electron chi connectivity index (χ3n) is 4.64. The largest absolute Gasteiger partial charge is 0.405 e. The fourth-order valence-corrected chi connectivity index (χ4v) is 3.11. The van der Waals surface area contributed by atoms with E-state index in [-0.39, 0.29) is 24.7 Å². The maximum atomic E-state index is 12.5. The fourth-order valence-electron chi connectivity index (χ4n) is 3.11. The van der Waals surface area contributed by atoms with E-state index in [1.165, 1.54) is 10.9 Å². The fraction of sp³-hybridized carbons (Fsp3) is 0.667. The Bertz CT molecular complexity index is 603. The number of alkyl halides is 3. The highest BCUT2D eigenvalue weighted by molar-refractivity contribution is 5.85. The van der Waals surface area contributed by atoms with Gasteiger partial charge in [-0.15, -0.1) is 0 Å². The van der Waals surface area contributed by atoms with Crippen molar-refractivity contribution in [3.63, 3.8) is 0 Å². The standard InChI is InChI=1S/C15H19F3N4O2/c16-15(17,18)10-19-13(24)14(22-7-1-6-20-22)4-8-21(9-5-14)12(23)11-2-3-11/h1,6-7,11H,2-5,8-10H2,(H,19,24). The molecule has 2 heterocycles. The van der Waals surface area contributed by atoms with Gasteiger partial charge in [0.25, 0.3) is 0 Å². The summed E-state index contributed by atoms with van der Waals surface area (Å²) in [5, 5.41) is 6.04. The molecule has 0 radical (unpaired) electrons. The average molecular weight is 344 g/mol. The van der Waals surface area contributed by atoms with E-state index < -0.39 is 24.2 Å². The highest BCUT2D eigenvalue weighted by Crippen LogP contribution is 2.35. The van der Waals surface area contributed by atoms with Crippen molar-refractivity contribution in [3.8, 4) is 0 Å². The molecule has 2 fully saturated rings. The highest BCUT2D eigenvalue weighted by atomic mass is 19.4. The number of amides is 2. The molecule has 0 bridgehead atoms. The number of piperidine rings is 1. The number of rotatable bonds is 4. The average Bonchev–Trinajstić information content (AvgIpc) is 3.25. The van der Waals surface area contributed by atoms with Crippen LogP contribution in [0.25, 0.3) is 0 Å². The molecular formula is C15H19F3N4O2. The van der Waals surface area contributed by atoms with Crippen molar-refractivity contribution in [2.75, 3.05) is 19.6 Å². The monoisotopic (exact) mass is 344 g/mol. The molecule has 0 spiro atoms. The molecule has 9 heteroatoms. The smallest absolute Gasteiger partial charge is 0.345 e. The molecule has 0 unspecified atom stereocenters. The van der Waals surface area contributed by atoms with Crippen molar-refractivity contribution in [2.45, 2.75) is 37.4 Å². The second-order valence-electron chi connectivity index (χ2n) is 6.38. The molecule has 24 heavy (non-hydrogen) atoms. The molecule has 1 aliphatic carbocycles. The zero-order valence-corrected chi connectivity index (χ0v) is 13.1. The predicted octanol–water partition coefficient (Wildman–Crippen LogP) is 1.29. The minimum absolute atomic E-state index is 0.0831. The first kappa shape index (κ1) is 16.8. The first-order chi connectivity index (χ1) is 11.3. The van der Waals surface area contributed by atoms with Gasteiger partial charge in [-0.25, -0.2) is 0 Å². The van der Waals surface area contributed by atoms with Crippen LogP contribution in [-0.4, -0.2) is 52.3 Å². The van der Waals surface area contributed by atoms with Gasteiger partial charge in [0.2, 0.25) is 11.8 Å². The second kappa shape index (κ2) is 6.10. The van der Waals surface area contributed by atoms with Crippen LogP contribution in [0.4, 0.5) is 13.2 Å². The number of halogens is 3. The molecule has 1 N–H and O–H groups in total. The Hall–Kier alpha value is -2.06. The lowest BCUT2D eigenvalue weighted by Gasteiger charge is -2.40. The van der Waals surface area contributed by atoms with Gasteiger partial charge in [-0.3, -0.25) is 14.3 Å². The zero-order valence-electron chi connectivity index (χ0n) is 13.1. The molecule has 0 atom stereocenters. The Morgan fingerprint density at radius 3 is 2.42 bits per heavy atom. The Morgan fingerprint density at radius 1 is 1.25 bits per heavy atom. The predicted molar refractivity (Wildman–Crippen MR) is 77.8 cm³/mol. The molecule has 0 aromatic carbocycles. The number of aromatic nitrogens is 2. The molecule has 1 aromatic heterocycles. The number of nitrogens with one attached hydrogen (secondary N) is 1. The number of carbonyl (C=O) groups is 2. The SMILES string of the molecule is O=C(C1CC1)N1CCC(C(=O)NCC(F)(F)F)(n2cccn2)CC1. The van der Waals surface area contributed by atoms with E-state index in [1.54, 1.807) is 17.2 Å². The summed E-state index contributed by atoms with van der Waals surface area (Å²) in [7, 11) is 0. The van der Waals surface area contributed by atoms with Gasteiger partial charge in [0.05, 0.1) is 0 Å². The van der Waals surface area contributed by atoms with E-state index in [2.05, 4.69) is 5.10 Å². The van der Waals surface area contributed by atoms with Crippen molar-refractivity contribution in [3.05, 3.63) is 18.5 Å². The summed E-state index contributed by atoms with van der Waals surface area (Å²) in [6.45, 7) is -0.692. The van der Waals surface area contributed by atoms with E-state index >= 15 is 0 Å². The summed E-state index contributed by atoms with van der Waals surface area (Å²) in [6.07, 6.45) is 0.876. The molecule has 1 saturated heterocycles. The lowest BCUT2D eigenvalue weighted by atomic mass is 9.86. The van der Waals surface area contributed by atoms with Gasteiger partial charge in [0.1, 0.15) is 12.1 Å². The molecular weight excluding hydrogens is 325 g/mol. The summed E-state index contributed by atoms with van der Waals surface area (Å²) in [5.74, 6) is -0.539. The van der Waals surface area contributed by atoms with E-state index in [0.717, 1.165) is 12.8 Å². The lowest BCUT2D eigenvalue weighted by Crippen LogP contribution is -2.57. The van der Waals surface area contributed by atoms with Crippen molar-refractivity contribution < 1.29 is 22.8 Å². The second-order valence-corrected chi connectivity index (χ2v) is 6.38. The van der Waals surface area contributed by atoms with Crippen LogP contribution in [0, 0.1) is 5.92 Å². The van der Waals surface area contributed by atoms with Gasteiger partial charge in [0, 0.05) is 31.4 Å². The quantitative estimate of drug-likeness (QED) is 0.895. The van der Waals surface area contributed by atoms with Crippen LogP contribution < -0.4 is 5.32 Å². The Kier molecular flexibility index (Phi) is 4.27. The number of likely N-dealkylation sites (tertiary alicyclic amines) is 1. The summed E-state index contributed by atoms with van der Waals surface area (Å²) >= 11 is 0.